The van der Waals surface area contributed by atoms with Crippen LogP contribution in [0.3, 0.4) is 0 Å². The largest absolute Gasteiger partial charge is 0.396 e. The van der Waals surface area contributed by atoms with Crippen molar-refractivity contribution in [2.45, 2.75) is 19.3 Å². The summed E-state index contributed by atoms with van der Waals surface area (Å²) in [6.07, 6.45) is 2.83. The molecule has 0 aliphatic heterocycles. The molecular weight excluding hydrogens is 228 g/mol. The molecule has 1 aliphatic rings. The van der Waals surface area contributed by atoms with Gasteiger partial charge in [-0.15, -0.1) is 0 Å². The molecule has 1 amide bonds. The van der Waals surface area contributed by atoms with Crippen molar-refractivity contribution in [1.82, 2.24) is 5.32 Å². The number of benzene rings is 1. The van der Waals surface area contributed by atoms with Crippen molar-refractivity contribution in [1.29, 1.82) is 0 Å². The highest BCUT2D eigenvalue weighted by atomic mass is 16.3. The first-order valence-corrected chi connectivity index (χ1v) is 6.37. The number of carbonyl (C=O) groups is 1. The Hall–Kier alpha value is -1.39. The quantitative estimate of drug-likeness (QED) is 0.693. The average molecular weight is 248 g/mol. The summed E-state index contributed by atoms with van der Waals surface area (Å²) in [6, 6.07) is 7.50. The molecule has 0 spiro atoms. The molecule has 0 radical (unpaired) electrons. The second kappa shape index (κ2) is 5.50. The number of amides is 1. The summed E-state index contributed by atoms with van der Waals surface area (Å²) in [4.78, 5) is 11.9. The summed E-state index contributed by atoms with van der Waals surface area (Å²) in [5.74, 6) is -0.0750. The third kappa shape index (κ3) is 3.09. The van der Waals surface area contributed by atoms with E-state index in [-0.39, 0.29) is 17.9 Å². The normalized spacial score (nSPS) is 16.3. The maximum Gasteiger partial charge on any atom is 0.251 e. The first-order chi connectivity index (χ1) is 8.69. The van der Waals surface area contributed by atoms with Crippen molar-refractivity contribution in [3.63, 3.8) is 0 Å². The molecule has 1 saturated carbocycles. The lowest BCUT2D eigenvalue weighted by Crippen LogP contribution is -2.31. The lowest BCUT2D eigenvalue weighted by molar-refractivity contribution is 0.0935. The van der Waals surface area contributed by atoms with Gasteiger partial charge in [0.1, 0.15) is 0 Å². The van der Waals surface area contributed by atoms with Crippen molar-refractivity contribution < 1.29 is 9.90 Å². The topological polar surface area (TPSA) is 75.4 Å². The molecule has 98 valence electrons. The smallest absolute Gasteiger partial charge is 0.251 e. The van der Waals surface area contributed by atoms with Crippen LogP contribution < -0.4 is 11.1 Å². The highest BCUT2D eigenvalue weighted by Crippen LogP contribution is 2.44. The van der Waals surface area contributed by atoms with Crippen LogP contribution in [-0.4, -0.2) is 30.7 Å². The van der Waals surface area contributed by atoms with Crippen molar-refractivity contribution in [3.05, 3.63) is 35.4 Å². The van der Waals surface area contributed by atoms with Gasteiger partial charge in [-0.05, 0) is 43.5 Å². The predicted octanol–water partition coefficient (Wildman–Crippen LogP) is 0.690. The molecule has 1 aliphatic carbocycles. The summed E-state index contributed by atoms with van der Waals surface area (Å²) in [7, 11) is 0. The standard InChI is InChI=1S/C14H20N2O2/c15-8-5-11-1-3-12(4-2-11)13(18)16-9-14(10-17)6-7-14/h1-4,17H,5-10,15H2,(H,16,18). The van der Waals surface area contributed by atoms with Gasteiger partial charge in [0.25, 0.3) is 5.91 Å². The van der Waals surface area contributed by atoms with Crippen LogP contribution >= 0.6 is 0 Å². The van der Waals surface area contributed by atoms with Gasteiger partial charge < -0.3 is 16.2 Å². The second-order valence-corrected chi connectivity index (χ2v) is 5.08. The Bertz CT molecular complexity index is 410. The van der Waals surface area contributed by atoms with Crippen LogP contribution in [0.5, 0.6) is 0 Å². The van der Waals surface area contributed by atoms with Gasteiger partial charge in [0.05, 0.1) is 6.61 Å². The molecule has 4 heteroatoms. The van der Waals surface area contributed by atoms with Gasteiger partial charge in [0.2, 0.25) is 0 Å². The maximum atomic E-state index is 11.9. The zero-order valence-corrected chi connectivity index (χ0v) is 10.5. The number of hydrogen-bond acceptors (Lipinski definition) is 3. The fraction of sp³-hybridized carbons (Fsp3) is 0.500. The van der Waals surface area contributed by atoms with Crippen molar-refractivity contribution in [3.8, 4) is 0 Å². The van der Waals surface area contributed by atoms with Crippen LogP contribution in [0.4, 0.5) is 0 Å². The highest BCUT2D eigenvalue weighted by Gasteiger charge is 2.42. The molecule has 0 unspecified atom stereocenters. The monoisotopic (exact) mass is 248 g/mol. The summed E-state index contributed by atoms with van der Waals surface area (Å²) in [6.45, 7) is 1.33. The molecule has 4 N–H and O–H groups in total. The highest BCUT2D eigenvalue weighted by molar-refractivity contribution is 5.94. The number of nitrogens with one attached hydrogen (secondary N) is 1. The van der Waals surface area contributed by atoms with Crippen LogP contribution in [0.1, 0.15) is 28.8 Å². The fourth-order valence-electron chi connectivity index (χ4n) is 1.93. The number of rotatable bonds is 6. The van der Waals surface area contributed by atoms with E-state index in [1.54, 1.807) is 0 Å². The van der Waals surface area contributed by atoms with Gasteiger partial charge in [0, 0.05) is 17.5 Å². The van der Waals surface area contributed by atoms with E-state index in [0.29, 0.717) is 18.7 Å². The summed E-state index contributed by atoms with van der Waals surface area (Å²) < 4.78 is 0. The van der Waals surface area contributed by atoms with Crippen molar-refractivity contribution in [2.75, 3.05) is 19.7 Å². The van der Waals surface area contributed by atoms with Gasteiger partial charge in [-0.1, -0.05) is 12.1 Å². The average Bonchev–Trinajstić information content (AvgIpc) is 3.18. The summed E-state index contributed by atoms with van der Waals surface area (Å²) >= 11 is 0. The molecule has 1 fully saturated rings. The zero-order chi connectivity index (χ0) is 13.0. The Morgan fingerprint density at radius 1 is 1.33 bits per heavy atom. The zero-order valence-electron chi connectivity index (χ0n) is 10.5. The number of aliphatic hydroxyl groups is 1. The molecule has 18 heavy (non-hydrogen) atoms. The SMILES string of the molecule is NCCc1ccc(C(=O)NCC2(CO)CC2)cc1. The molecule has 1 aromatic carbocycles. The Kier molecular flexibility index (Phi) is 3.99. The lowest BCUT2D eigenvalue weighted by atomic mass is 10.1. The second-order valence-electron chi connectivity index (χ2n) is 5.08. The van der Waals surface area contributed by atoms with Gasteiger partial charge in [-0.25, -0.2) is 0 Å². The van der Waals surface area contributed by atoms with E-state index in [1.165, 1.54) is 0 Å². The van der Waals surface area contributed by atoms with E-state index >= 15 is 0 Å². The van der Waals surface area contributed by atoms with E-state index in [0.717, 1.165) is 24.8 Å². The van der Waals surface area contributed by atoms with E-state index in [9.17, 15) is 9.90 Å². The van der Waals surface area contributed by atoms with E-state index < -0.39 is 0 Å². The van der Waals surface area contributed by atoms with Gasteiger partial charge in [-0.3, -0.25) is 4.79 Å². The van der Waals surface area contributed by atoms with Crippen LogP contribution in [-0.2, 0) is 6.42 Å². The molecule has 0 saturated heterocycles. The van der Waals surface area contributed by atoms with Crippen LogP contribution in [0.15, 0.2) is 24.3 Å². The van der Waals surface area contributed by atoms with Crippen LogP contribution in [0.25, 0.3) is 0 Å². The number of aliphatic hydroxyl groups excluding tert-OH is 1. The molecule has 0 atom stereocenters. The number of nitrogens with two attached hydrogens (primary N) is 1. The molecule has 1 aromatic rings. The Balaban J connectivity index is 1.88. The number of hydrogen-bond donors (Lipinski definition) is 3. The summed E-state index contributed by atoms with van der Waals surface area (Å²) in [5.41, 5.74) is 7.23. The van der Waals surface area contributed by atoms with E-state index in [4.69, 9.17) is 5.73 Å². The third-order valence-corrected chi connectivity index (χ3v) is 3.57. The fourth-order valence-corrected chi connectivity index (χ4v) is 1.93. The Labute approximate surface area is 107 Å². The predicted molar refractivity (Wildman–Crippen MR) is 70.3 cm³/mol. The third-order valence-electron chi connectivity index (χ3n) is 3.57. The van der Waals surface area contributed by atoms with Gasteiger partial charge in [0.15, 0.2) is 0 Å². The van der Waals surface area contributed by atoms with Crippen molar-refractivity contribution >= 4 is 5.91 Å². The first-order valence-electron chi connectivity index (χ1n) is 6.37. The van der Waals surface area contributed by atoms with Gasteiger partial charge in [-0.2, -0.15) is 0 Å². The van der Waals surface area contributed by atoms with Gasteiger partial charge >= 0.3 is 0 Å². The molecule has 4 nitrogen and oxygen atoms in total. The number of carbonyl (C=O) groups excluding carboxylic acids is 1. The minimum absolute atomic E-state index is 0.0465. The summed E-state index contributed by atoms with van der Waals surface area (Å²) in [5, 5.41) is 12.1. The maximum absolute atomic E-state index is 11.9. The Morgan fingerprint density at radius 2 is 2.00 bits per heavy atom. The molecular formula is C14H20N2O2. The van der Waals surface area contributed by atoms with Crippen LogP contribution in [0, 0.1) is 5.41 Å². The minimum atomic E-state index is -0.0750. The Morgan fingerprint density at radius 3 is 2.50 bits per heavy atom. The molecule has 0 aromatic heterocycles. The molecule has 0 heterocycles. The first kappa shape index (κ1) is 13.1. The van der Waals surface area contributed by atoms with E-state index in [1.807, 2.05) is 24.3 Å². The minimum Gasteiger partial charge on any atom is -0.396 e. The van der Waals surface area contributed by atoms with Crippen LogP contribution in [0.2, 0.25) is 0 Å². The van der Waals surface area contributed by atoms with E-state index in [2.05, 4.69) is 5.32 Å². The molecule has 2 rings (SSSR count). The lowest BCUT2D eigenvalue weighted by Gasteiger charge is -2.12. The molecule has 0 bridgehead atoms. The van der Waals surface area contributed by atoms with Crippen molar-refractivity contribution in [2.24, 2.45) is 11.1 Å².